The number of benzene rings is 1. The van der Waals surface area contributed by atoms with Gasteiger partial charge in [0.2, 0.25) is 0 Å². The highest BCUT2D eigenvalue weighted by atomic mass is 16.5. The van der Waals surface area contributed by atoms with Crippen LogP contribution in [0, 0.1) is 16.7 Å². The highest BCUT2D eigenvalue weighted by Crippen LogP contribution is 2.48. The number of nitrogens with one attached hydrogen (secondary N) is 1. The Kier molecular flexibility index (Phi) is 3.23. The zero-order valence-electron chi connectivity index (χ0n) is 10.4. The van der Waals surface area contributed by atoms with Gasteiger partial charge in [-0.05, 0) is 49.4 Å². The van der Waals surface area contributed by atoms with E-state index in [9.17, 15) is 0 Å². The van der Waals surface area contributed by atoms with E-state index in [0.29, 0.717) is 11.5 Å². The van der Waals surface area contributed by atoms with Gasteiger partial charge >= 0.3 is 0 Å². The lowest BCUT2D eigenvalue weighted by Gasteiger charge is -2.21. The van der Waals surface area contributed by atoms with Crippen molar-refractivity contribution in [2.75, 3.05) is 11.9 Å². The molecule has 1 aliphatic rings. The predicted molar refractivity (Wildman–Crippen MR) is 68.0 cm³/mol. The Labute approximate surface area is 102 Å². The average molecular weight is 230 g/mol. The van der Waals surface area contributed by atoms with Crippen molar-refractivity contribution >= 4 is 5.69 Å². The molecule has 1 N–H and O–H groups in total. The summed E-state index contributed by atoms with van der Waals surface area (Å²) in [5.74, 6) is 0.738. The molecule has 0 bridgehead atoms. The molecule has 17 heavy (non-hydrogen) atoms. The van der Waals surface area contributed by atoms with Crippen LogP contribution in [0.3, 0.4) is 0 Å². The monoisotopic (exact) mass is 230 g/mol. The van der Waals surface area contributed by atoms with E-state index >= 15 is 0 Å². The smallest absolute Gasteiger partial charge is 0.174 e. The first-order valence-corrected chi connectivity index (χ1v) is 6.00. The average Bonchev–Trinajstić information content (AvgIpc) is 3.08. The molecule has 1 fully saturated rings. The van der Waals surface area contributed by atoms with E-state index in [1.807, 2.05) is 30.3 Å². The minimum absolute atomic E-state index is 0.0985. The fourth-order valence-electron chi connectivity index (χ4n) is 1.82. The molecule has 1 aromatic carbocycles. The minimum atomic E-state index is 0.0985. The number of rotatable bonds is 5. The van der Waals surface area contributed by atoms with Gasteiger partial charge < -0.3 is 10.1 Å². The molecule has 3 nitrogen and oxygen atoms in total. The second-order valence-corrected chi connectivity index (χ2v) is 4.99. The molecule has 1 saturated carbocycles. The van der Waals surface area contributed by atoms with E-state index in [-0.39, 0.29) is 6.61 Å². The summed E-state index contributed by atoms with van der Waals surface area (Å²) in [5, 5.41) is 11.9. The maximum atomic E-state index is 8.41. The Morgan fingerprint density at radius 2 is 2.06 bits per heavy atom. The normalized spacial score (nSPS) is 17.9. The standard InChI is InChI=1S/C14H18N2O/c1-11(14(2)7-8-14)16-12-3-5-13(6-4-12)17-10-9-15/h3-6,11,16H,7-8,10H2,1-2H3. The quantitative estimate of drug-likeness (QED) is 0.844. The predicted octanol–water partition coefficient (Wildman–Crippen LogP) is 3.19. The molecule has 3 heteroatoms. The Balaban J connectivity index is 1.92. The Morgan fingerprint density at radius 1 is 1.41 bits per heavy atom. The molecular formula is C14H18N2O. The highest BCUT2D eigenvalue weighted by Gasteiger charge is 2.42. The molecule has 1 unspecified atom stereocenters. The van der Waals surface area contributed by atoms with Gasteiger partial charge in [-0.3, -0.25) is 0 Å². The van der Waals surface area contributed by atoms with Gasteiger partial charge in [0, 0.05) is 11.7 Å². The lowest BCUT2D eigenvalue weighted by atomic mass is 10.0. The number of hydrogen-bond acceptors (Lipinski definition) is 3. The first-order valence-electron chi connectivity index (χ1n) is 6.00. The summed E-state index contributed by atoms with van der Waals surface area (Å²) < 4.78 is 5.21. The first-order chi connectivity index (χ1) is 8.14. The molecule has 1 aliphatic carbocycles. The highest BCUT2D eigenvalue weighted by molar-refractivity contribution is 5.47. The van der Waals surface area contributed by atoms with Gasteiger partial charge in [0.15, 0.2) is 6.61 Å². The van der Waals surface area contributed by atoms with Crippen LogP contribution >= 0.6 is 0 Å². The molecule has 0 radical (unpaired) electrons. The molecule has 1 atom stereocenters. The zero-order valence-corrected chi connectivity index (χ0v) is 10.4. The van der Waals surface area contributed by atoms with Gasteiger partial charge in [0.1, 0.15) is 11.8 Å². The second kappa shape index (κ2) is 4.67. The first kappa shape index (κ1) is 11.8. The van der Waals surface area contributed by atoms with Crippen molar-refractivity contribution in [3.8, 4) is 11.8 Å². The number of nitriles is 1. The second-order valence-electron chi connectivity index (χ2n) is 4.99. The largest absolute Gasteiger partial charge is 0.479 e. The summed E-state index contributed by atoms with van der Waals surface area (Å²) in [5.41, 5.74) is 1.57. The molecule has 0 aromatic heterocycles. The summed E-state index contributed by atoms with van der Waals surface area (Å²) in [6.07, 6.45) is 2.62. The lowest BCUT2D eigenvalue weighted by molar-refractivity contribution is 0.368. The lowest BCUT2D eigenvalue weighted by Crippen LogP contribution is -2.24. The summed E-state index contributed by atoms with van der Waals surface area (Å²) in [7, 11) is 0. The van der Waals surface area contributed by atoms with Gasteiger partial charge in [-0.1, -0.05) is 6.92 Å². The SMILES string of the molecule is CC(Nc1ccc(OCC#N)cc1)C1(C)CC1. The number of ether oxygens (including phenoxy) is 1. The maximum Gasteiger partial charge on any atom is 0.174 e. The molecule has 0 amide bonds. The third-order valence-electron chi connectivity index (χ3n) is 3.62. The summed E-state index contributed by atoms with van der Waals surface area (Å²) >= 11 is 0. The van der Waals surface area contributed by atoms with Crippen molar-refractivity contribution in [2.24, 2.45) is 5.41 Å². The summed E-state index contributed by atoms with van der Waals surface area (Å²) in [4.78, 5) is 0. The number of nitrogens with zero attached hydrogens (tertiary/aromatic N) is 1. The van der Waals surface area contributed by atoms with Crippen molar-refractivity contribution in [3.63, 3.8) is 0 Å². The molecule has 0 heterocycles. The molecule has 0 aliphatic heterocycles. The maximum absolute atomic E-state index is 8.41. The van der Waals surface area contributed by atoms with E-state index in [1.54, 1.807) is 0 Å². The van der Waals surface area contributed by atoms with Crippen LogP contribution in [-0.2, 0) is 0 Å². The van der Waals surface area contributed by atoms with E-state index < -0.39 is 0 Å². The van der Waals surface area contributed by atoms with E-state index in [4.69, 9.17) is 10.00 Å². The third kappa shape index (κ3) is 2.91. The van der Waals surface area contributed by atoms with Crippen molar-refractivity contribution in [1.82, 2.24) is 0 Å². The van der Waals surface area contributed by atoms with Gasteiger partial charge in [-0.2, -0.15) is 5.26 Å². The van der Waals surface area contributed by atoms with Crippen LogP contribution in [0.2, 0.25) is 0 Å². The number of hydrogen-bond donors (Lipinski definition) is 1. The Bertz CT molecular complexity index is 415. The van der Waals surface area contributed by atoms with Gasteiger partial charge in [0.25, 0.3) is 0 Å². The van der Waals surface area contributed by atoms with Crippen LogP contribution in [0.25, 0.3) is 0 Å². The Morgan fingerprint density at radius 3 is 2.59 bits per heavy atom. The van der Waals surface area contributed by atoms with Crippen molar-refractivity contribution in [2.45, 2.75) is 32.7 Å². The van der Waals surface area contributed by atoms with Crippen LogP contribution < -0.4 is 10.1 Å². The summed E-state index contributed by atoms with van der Waals surface area (Å²) in [6.45, 7) is 4.64. The topological polar surface area (TPSA) is 45.0 Å². The van der Waals surface area contributed by atoms with E-state index in [0.717, 1.165) is 11.4 Å². The molecule has 1 aromatic rings. The zero-order chi connectivity index (χ0) is 12.3. The van der Waals surface area contributed by atoms with Crippen molar-refractivity contribution in [3.05, 3.63) is 24.3 Å². The number of anilines is 1. The minimum Gasteiger partial charge on any atom is -0.479 e. The molecule has 0 saturated heterocycles. The van der Waals surface area contributed by atoms with Crippen molar-refractivity contribution in [1.29, 1.82) is 5.26 Å². The third-order valence-corrected chi connectivity index (χ3v) is 3.62. The fourth-order valence-corrected chi connectivity index (χ4v) is 1.82. The van der Waals surface area contributed by atoms with Gasteiger partial charge in [0.05, 0.1) is 0 Å². The van der Waals surface area contributed by atoms with Crippen molar-refractivity contribution < 1.29 is 4.74 Å². The van der Waals surface area contributed by atoms with E-state index in [1.165, 1.54) is 12.8 Å². The Hall–Kier alpha value is -1.69. The van der Waals surface area contributed by atoms with Crippen LogP contribution in [0.15, 0.2) is 24.3 Å². The molecule has 90 valence electrons. The van der Waals surface area contributed by atoms with Crippen LogP contribution in [0.5, 0.6) is 5.75 Å². The molecular weight excluding hydrogens is 212 g/mol. The fraction of sp³-hybridized carbons (Fsp3) is 0.500. The van der Waals surface area contributed by atoms with Crippen LogP contribution in [0.4, 0.5) is 5.69 Å². The van der Waals surface area contributed by atoms with Crippen LogP contribution in [0.1, 0.15) is 26.7 Å². The van der Waals surface area contributed by atoms with E-state index in [2.05, 4.69) is 19.2 Å². The summed E-state index contributed by atoms with van der Waals surface area (Å²) in [6, 6.07) is 10.2. The molecule has 2 rings (SSSR count). The molecule has 0 spiro atoms. The van der Waals surface area contributed by atoms with Crippen LogP contribution in [-0.4, -0.2) is 12.6 Å². The van der Waals surface area contributed by atoms with Gasteiger partial charge in [-0.25, -0.2) is 0 Å². The van der Waals surface area contributed by atoms with Gasteiger partial charge in [-0.15, -0.1) is 0 Å².